The second-order valence-electron chi connectivity index (χ2n) is 6.05. The van der Waals surface area contributed by atoms with Gasteiger partial charge in [-0.15, -0.1) is 0 Å². The highest BCUT2D eigenvalue weighted by molar-refractivity contribution is 5.79. The Balaban J connectivity index is 1.30. The van der Waals surface area contributed by atoms with E-state index in [1.165, 1.54) is 10.9 Å². The molecule has 1 amide bonds. The predicted octanol–water partition coefficient (Wildman–Crippen LogP) is 1.40. The van der Waals surface area contributed by atoms with Gasteiger partial charge >= 0.3 is 5.76 Å². The minimum absolute atomic E-state index is 0.0961. The summed E-state index contributed by atoms with van der Waals surface area (Å²) in [5.41, 5.74) is 1.06. The first-order valence-electron chi connectivity index (χ1n) is 8.75. The number of amides is 1. The summed E-state index contributed by atoms with van der Waals surface area (Å²) in [4.78, 5) is 32.4. The average Bonchev–Trinajstić information content (AvgIpc) is 3.34. The molecule has 28 heavy (non-hydrogen) atoms. The number of para-hydroxylation sites is 2. The zero-order chi connectivity index (χ0) is 19.3. The van der Waals surface area contributed by atoms with Crippen LogP contribution in [0.15, 0.2) is 70.4 Å². The van der Waals surface area contributed by atoms with E-state index in [0.29, 0.717) is 30.0 Å². The van der Waals surface area contributed by atoms with Crippen molar-refractivity contribution in [2.24, 2.45) is 0 Å². The Bertz CT molecular complexity index is 1150. The van der Waals surface area contributed by atoms with Gasteiger partial charge in [-0.2, -0.15) is 0 Å². The number of benzene rings is 1. The number of rotatable bonds is 7. The van der Waals surface area contributed by atoms with E-state index in [1.54, 1.807) is 24.3 Å². The quantitative estimate of drug-likeness (QED) is 0.471. The molecule has 2 N–H and O–H groups in total. The summed E-state index contributed by atoms with van der Waals surface area (Å²) >= 11 is 0. The van der Waals surface area contributed by atoms with Crippen LogP contribution < -0.4 is 16.4 Å². The molecule has 0 aliphatic heterocycles. The molecule has 0 aliphatic carbocycles. The maximum Gasteiger partial charge on any atom is 0.420 e. The van der Waals surface area contributed by atoms with E-state index in [9.17, 15) is 9.59 Å². The van der Waals surface area contributed by atoms with Crippen molar-refractivity contribution < 1.29 is 9.21 Å². The summed E-state index contributed by atoms with van der Waals surface area (Å²) in [5, 5.41) is 5.91. The van der Waals surface area contributed by atoms with Crippen LogP contribution in [0.5, 0.6) is 0 Å². The number of nitrogens with one attached hydrogen (secondary N) is 2. The highest BCUT2D eigenvalue weighted by Gasteiger charge is 2.11. The number of carbonyl (C=O) groups excluding carboxylic acids is 1. The molecule has 0 unspecified atom stereocenters. The summed E-state index contributed by atoms with van der Waals surface area (Å²) < 4.78 is 8.31. The molecule has 1 aromatic carbocycles. The number of fused-ring (bicyclic) bond motifs is 1. The molecular weight excluding hydrogens is 360 g/mol. The van der Waals surface area contributed by atoms with Gasteiger partial charge in [0.05, 0.1) is 5.52 Å². The first kappa shape index (κ1) is 17.5. The molecule has 142 valence electrons. The first-order valence-corrected chi connectivity index (χ1v) is 8.75. The predicted molar refractivity (Wildman–Crippen MR) is 103 cm³/mol. The van der Waals surface area contributed by atoms with Crippen LogP contribution in [0.1, 0.15) is 0 Å². The summed E-state index contributed by atoms with van der Waals surface area (Å²) in [5.74, 6) is 0.585. The lowest BCUT2D eigenvalue weighted by molar-refractivity contribution is -0.121. The highest BCUT2D eigenvalue weighted by Crippen LogP contribution is 2.11. The molecule has 0 saturated carbocycles. The van der Waals surface area contributed by atoms with Crippen LogP contribution in [0, 0.1) is 0 Å². The van der Waals surface area contributed by atoms with E-state index in [2.05, 4.69) is 20.6 Å². The van der Waals surface area contributed by atoms with E-state index in [-0.39, 0.29) is 12.5 Å². The summed E-state index contributed by atoms with van der Waals surface area (Å²) in [7, 11) is 0. The molecular formula is C19H18N6O3. The molecule has 0 radical (unpaired) electrons. The Labute approximate surface area is 159 Å². The third-order valence-corrected chi connectivity index (χ3v) is 4.15. The molecule has 9 heteroatoms. The standard InChI is InChI=1S/C19H18N6O3/c26-18(12-25-14-5-1-2-6-15(14)28-19(25)27)21-8-7-20-16-11-17(23-13-22-16)24-9-3-4-10-24/h1-6,9-11,13H,7-8,12H2,(H,21,26)(H,20,22,23). The molecule has 0 bridgehead atoms. The fourth-order valence-corrected chi connectivity index (χ4v) is 2.83. The molecule has 0 fully saturated rings. The number of hydrogen-bond acceptors (Lipinski definition) is 6. The molecule has 0 spiro atoms. The molecule has 4 rings (SSSR count). The van der Waals surface area contributed by atoms with Crippen molar-refractivity contribution in [2.75, 3.05) is 18.4 Å². The van der Waals surface area contributed by atoms with E-state index in [1.807, 2.05) is 35.2 Å². The maximum absolute atomic E-state index is 12.2. The Morgan fingerprint density at radius 1 is 1.07 bits per heavy atom. The lowest BCUT2D eigenvalue weighted by Gasteiger charge is -2.09. The van der Waals surface area contributed by atoms with Gasteiger partial charge < -0.3 is 19.6 Å². The molecule has 3 heterocycles. The van der Waals surface area contributed by atoms with Crippen LogP contribution in [-0.2, 0) is 11.3 Å². The van der Waals surface area contributed by atoms with Gasteiger partial charge in [-0.3, -0.25) is 9.36 Å². The molecule has 0 atom stereocenters. The van der Waals surface area contributed by atoms with E-state index in [0.717, 1.165) is 5.82 Å². The van der Waals surface area contributed by atoms with Crippen molar-refractivity contribution in [2.45, 2.75) is 6.54 Å². The van der Waals surface area contributed by atoms with Crippen molar-refractivity contribution in [1.82, 2.24) is 24.4 Å². The minimum atomic E-state index is -0.548. The van der Waals surface area contributed by atoms with Gasteiger partial charge in [0.1, 0.15) is 24.5 Å². The number of oxazole rings is 1. The van der Waals surface area contributed by atoms with Crippen LogP contribution >= 0.6 is 0 Å². The Morgan fingerprint density at radius 2 is 1.89 bits per heavy atom. The number of hydrogen-bond donors (Lipinski definition) is 2. The van der Waals surface area contributed by atoms with Crippen LogP contribution in [-0.4, -0.2) is 38.1 Å². The first-order chi connectivity index (χ1) is 13.7. The molecule has 9 nitrogen and oxygen atoms in total. The molecule has 3 aromatic heterocycles. The van der Waals surface area contributed by atoms with Crippen LogP contribution in [0.25, 0.3) is 16.9 Å². The third kappa shape index (κ3) is 3.78. The van der Waals surface area contributed by atoms with Gasteiger partial charge in [0.2, 0.25) is 5.91 Å². The average molecular weight is 378 g/mol. The SMILES string of the molecule is O=C(Cn1c(=O)oc2ccccc21)NCCNc1cc(-n2cccc2)ncn1. The summed E-state index contributed by atoms with van der Waals surface area (Å²) in [6, 6.07) is 12.7. The fraction of sp³-hybridized carbons (Fsp3) is 0.158. The molecule has 0 saturated heterocycles. The lowest BCUT2D eigenvalue weighted by atomic mass is 10.3. The van der Waals surface area contributed by atoms with Gasteiger partial charge in [-0.25, -0.2) is 14.8 Å². The smallest absolute Gasteiger partial charge is 0.408 e. The van der Waals surface area contributed by atoms with Gasteiger partial charge in [0, 0.05) is 31.5 Å². The maximum atomic E-state index is 12.2. The van der Waals surface area contributed by atoms with Gasteiger partial charge in [-0.05, 0) is 24.3 Å². The second-order valence-corrected chi connectivity index (χ2v) is 6.05. The zero-order valence-corrected chi connectivity index (χ0v) is 14.9. The van der Waals surface area contributed by atoms with Crippen molar-refractivity contribution in [3.63, 3.8) is 0 Å². The Hall–Kier alpha value is -3.88. The van der Waals surface area contributed by atoms with Crippen molar-refractivity contribution in [3.8, 4) is 5.82 Å². The van der Waals surface area contributed by atoms with Crippen LogP contribution in [0.2, 0.25) is 0 Å². The van der Waals surface area contributed by atoms with Crippen LogP contribution in [0.4, 0.5) is 5.82 Å². The lowest BCUT2D eigenvalue weighted by Crippen LogP contribution is -2.33. The largest absolute Gasteiger partial charge is 0.420 e. The summed E-state index contributed by atoms with van der Waals surface area (Å²) in [6.45, 7) is 0.766. The van der Waals surface area contributed by atoms with Gasteiger partial charge in [0.15, 0.2) is 5.58 Å². The number of carbonyl (C=O) groups is 1. The highest BCUT2D eigenvalue weighted by atomic mass is 16.4. The Kier molecular flexibility index (Phi) is 4.87. The number of nitrogens with zero attached hydrogens (tertiary/aromatic N) is 4. The van der Waals surface area contributed by atoms with Crippen molar-refractivity contribution >= 4 is 22.8 Å². The van der Waals surface area contributed by atoms with Crippen molar-refractivity contribution in [3.05, 3.63) is 71.7 Å². The summed E-state index contributed by atoms with van der Waals surface area (Å²) in [6.07, 6.45) is 5.27. The van der Waals surface area contributed by atoms with Gasteiger partial charge in [0.25, 0.3) is 0 Å². The third-order valence-electron chi connectivity index (χ3n) is 4.15. The van der Waals surface area contributed by atoms with Gasteiger partial charge in [-0.1, -0.05) is 12.1 Å². The normalized spacial score (nSPS) is 10.9. The topological polar surface area (TPSA) is 107 Å². The Morgan fingerprint density at radius 3 is 2.75 bits per heavy atom. The van der Waals surface area contributed by atoms with Crippen molar-refractivity contribution in [1.29, 1.82) is 0 Å². The molecule has 0 aliphatic rings. The van der Waals surface area contributed by atoms with Crippen LogP contribution in [0.3, 0.4) is 0 Å². The minimum Gasteiger partial charge on any atom is -0.408 e. The van der Waals surface area contributed by atoms with E-state index in [4.69, 9.17) is 4.42 Å². The zero-order valence-electron chi connectivity index (χ0n) is 14.9. The van der Waals surface area contributed by atoms with E-state index < -0.39 is 5.76 Å². The number of anilines is 1. The fourth-order valence-electron chi connectivity index (χ4n) is 2.83. The van der Waals surface area contributed by atoms with E-state index >= 15 is 0 Å². The second kappa shape index (κ2) is 7.78. The monoisotopic (exact) mass is 378 g/mol. The number of aromatic nitrogens is 4. The molecule has 4 aromatic rings.